The molecule has 5 heteroatoms. The van der Waals surface area contributed by atoms with Crippen LogP contribution in [0.2, 0.25) is 4.34 Å². The van der Waals surface area contributed by atoms with Crippen LogP contribution in [0.25, 0.3) is 0 Å². The first-order chi connectivity index (χ1) is 9.72. The highest BCUT2D eigenvalue weighted by Crippen LogP contribution is 2.21. The Morgan fingerprint density at radius 3 is 2.75 bits per heavy atom. The summed E-state index contributed by atoms with van der Waals surface area (Å²) in [5.74, 6) is 0. The first-order valence-corrected chi connectivity index (χ1v) is 8.41. The average molecular weight is 312 g/mol. The number of nitrogens with zero attached hydrogens (tertiary/aromatic N) is 2. The average Bonchev–Trinajstić information content (AvgIpc) is 3.06. The third-order valence-electron chi connectivity index (χ3n) is 3.46. The van der Waals surface area contributed by atoms with E-state index in [9.17, 15) is 0 Å². The van der Waals surface area contributed by atoms with Crippen LogP contribution in [0.1, 0.15) is 43.3 Å². The Hall–Kier alpha value is -0.840. The lowest BCUT2D eigenvalue weighted by molar-refractivity contribution is 0.424. The van der Waals surface area contributed by atoms with Crippen LogP contribution < -0.4 is 5.32 Å². The Labute approximate surface area is 130 Å². The number of hydrogen-bond donors (Lipinski definition) is 1. The summed E-state index contributed by atoms with van der Waals surface area (Å²) in [6.45, 7) is 6.20. The fourth-order valence-electron chi connectivity index (χ4n) is 2.25. The van der Waals surface area contributed by atoms with Crippen molar-refractivity contribution in [3.05, 3.63) is 39.3 Å². The maximum atomic E-state index is 5.91. The molecule has 1 N–H and O–H groups in total. The second-order valence-electron chi connectivity index (χ2n) is 4.89. The molecule has 0 bridgehead atoms. The molecule has 0 aromatic carbocycles. The molecule has 0 radical (unpaired) electrons. The molecule has 0 aliphatic carbocycles. The fourth-order valence-corrected chi connectivity index (χ4v) is 3.34. The van der Waals surface area contributed by atoms with Crippen molar-refractivity contribution < 1.29 is 0 Å². The van der Waals surface area contributed by atoms with E-state index in [0.717, 1.165) is 42.4 Å². The van der Waals surface area contributed by atoms with Gasteiger partial charge in [0.25, 0.3) is 0 Å². The summed E-state index contributed by atoms with van der Waals surface area (Å²) in [6.07, 6.45) is 5.37. The van der Waals surface area contributed by atoms with Crippen LogP contribution in [-0.2, 0) is 13.0 Å². The van der Waals surface area contributed by atoms with E-state index in [-0.39, 0.29) is 0 Å². The minimum absolute atomic E-state index is 0.525. The summed E-state index contributed by atoms with van der Waals surface area (Å²) in [7, 11) is 0. The normalized spacial score (nSPS) is 11.4. The molecule has 0 aliphatic rings. The largest absolute Gasteiger partial charge is 0.311 e. The first kappa shape index (κ1) is 15.5. The van der Waals surface area contributed by atoms with Gasteiger partial charge in [0.15, 0.2) is 0 Å². The van der Waals surface area contributed by atoms with Gasteiger partial charge in [-0.15, -0.1) is 11.3 Å². The molecule has 2 heterocycles. The molecule has 0 saturated heterocycles. The highest BCUT2D eigenvalue weighted by Gasteiger charge is 2.07. The summed E-state index contributed by atoms with van der Waals surface area (Å²) >= 11 is 7.57. The van der Waals surface area contributed by atoms with Crippen LogP contribution in [0.5, 0.6) is 0 Å². The number of thiophene rings is 1. The lowest BCUT2D eigenvalue weighted by Gasteiger charge is -2.12. The van der Waals surface area contributed by atoms with Gasteiger partial charge < -0.3 is 5.32 Å². The molecule has 0 amide bonds. The zero-order valence-electron chi connectivity index (χ0n) is 12.1. The number of halogens is 1. The Kier molecular flexibility index (Phi) is 6.07. The zero-order valence-corrected chi connectivity index (χ0v) is 13.7. The van der Waals surface area contributed by atoms with Crippen molar-refractivity contribution in [1.29, 1.82) is 0 Å². The molecule has 0 spiro atoms. The zero-order chi connectivity index (χ0) is 14.4. The molecule has 0 aliphatic heterocycles. The monoisotopic (exact) mass is 311 g/mol. The standard InChI is InChI=1S/C15H22ClN3S/c1-3-13(4-2)19-10-8-12(18-19)11-17-9-7-14-5-6-15(16)20-14/h5-6,8,10,13,17H,3-4,7,9,11H2,1-2H3. The van der Waals surface area contributed by atoms with E-state index in [0.29, 0.717) is 6.04 Å². The van der Waals surface area contributed by atoms with Gasteiger partial charge in [-0.25, -0.2) is 0 Å². The third kappa shape index (κ3) is 4.33. The molecule has 2 rings (SSSR count). The van der Waals surface area contributed by atoms with Crippen LogP contribution in [-0.4, -0.2) is 16.3 Å². The van der Waals surface area contributed by atoms with E-state index in [2.05, 4.69) is 47.3 Å². The minimum atomic E-state index is 0.525. The SMILES string of the molecule is CCC(CC)n1ccc(CNCCc2ccc(Cl)s2)n1. The smallest absolute Gasteiger partial charge is 0.0931 e. The van der Waals surface area contributed by atoms with E-state index in [1.54, 1.807) is 11.3 Å². The predicted octanol–water partition coefficient (Wildman–Crippen LogP) is 4.29. The summed E-state index contributed by atoms with van der Waals surface area (Å²) in [4.78, 5) is 1.32. The molecule has 2 aromatic heterocycles. The van der Waals surface area contributed by atoms with Crippen molar-refractivity contribution in [2.45, 2.75) is 45.7 Å². The van der Waals surface area contributed by atoms with Crippen molar-refractivity contribution in [3.63, 3.8) is 0 Å². The molecule has 0 atom stereocenters. The molecule has 110 valence electrons. The van der Waals surface area contributed by atoms with Gasteiger partial charge >= 0.3 is 0 Å². The Balaban J connectivity index is 1.74. The molecule has 3 nitrogen and oxygen atoms in total. The van der Waals surface area contributed by atoms with E-state index in [1.165, 1.54) is 4.88 Å². The summed E-state index contributed by atoms with van der Waals surface area (Å²) in [5.41, 5.74) is 1.11. The third-order valence-corrected chi connectivity index (χ3v) is 4.75. The second kappa shape index (κ2) is 7.81. The van der Waals surface area contributed by atoms with Gasteiger partial charge in [0.05, 0.1) is 16.1 Å². The number of aromatic nitrogens is 2. The number of rotatable bonds is 8. The van der Waals surface area contributed by atoms with E-state index < -0.39 is 0 Å². The van der Waals surface area contributed by atoms with Crippen molar-refractivity contribution in [2.75, 3.05) is 6.54 Å². The van der Waals surface area contributed by atoms with E-state index in [4.69, 9.17) is 11.6 Å². The van der Waals surface area contributed by atoms with E-state index >= 15 is 0 Å². The molecule has 0 saturated carbocycles. The second-order valence-corrected chi connectivity index (χ2v) is 6.69. The van der Waals surface area contributed by atoms with Gasteiger partial charge in [0.2, 0.25) is 0 Å². The highest BCUT2D eigenvalue weighted by atomic mass is 35.5. The quantitative estimate of drug-likeness (QED) is 0.737. The van der Waals surface area contributed by atoms with Crippen molar-refractivity contribution in [2.24, 2.45) is 0 Å². The minimum Gasteiger partial charge on any atom is -0.311 e. The first-order valence-electron chi connectivity index (χ1n) is 7.21. The predicted molar refractivity (Wildman–Crippen MR) is 86.6 cm³/mol. The number of hydrogen-bond acceptors (Lipinski definition) is 3. The lowest BCUT2D eigenvalue weighted by Crippen LogP contribution is -2.17. The fraction of sp³-hybridized carbons (Fsp3) is 0.533. The van der Waals surface area contributed by atoms with Gasteiger partial charge in [0, 0.05) is 24.2 Å². The topological polar surface area (TPSA) is 29.9 Å². The summed E-state index contributed by atoms with van der Waals surface area (Å²) < 4.78 is 2.96. The number of nitrogens with one attached hydrogen (secondary N) is 1. The Morgan fingerprint density at radius 1 is 1.30 bits per heavy atom. The van der Waals surface area contributed by atoms with Crippen molar-refractivity contribution in [1.82, 2.24) is 15.1 Å². The molecular formula is C15H22ClN3S. The molecule has 2 aromatic rings. The van der Waals surface area contributed by atoms with Crippen molar-refractivity contribution in [3.8, 4) is 0 Å². The van der Waals surface area contributed by atoms with Crippen LogP contribution >= 0.6 is 22.9 Å². The van der Waals surface area contributed by atoms with Gasteiger partial charge in [-0.3, -0.25) is 4.68 Å². The molecule has 0 fully saturated rings. The van der Waals surface area contributed by atoms with Gasteiger partial charge in [-0.1, -0.05) is 25.4 Å². The highest BCUT2D eigenvalue weighted by molar-refractivity contribution is 7.16. The molecular weight excluding hydrogens is 290 g/mol. The summed E-state index contributed by atoms with van der Waals surface area (Å²) in [6, 6.07) is 6.68. The van der Waals surface area contributed by atoms with Crippen LogP contribution in [0.3, 0.4) is 0 Å². The van der Waals surface area contributed by atoms with Crippen molar-refractivity contribution >= 4 is 22.9 Å². The maximum absolute atomic E-state index is 5.91. The van der Waals surface area contributed by atoms with Gasteiger partial charge in [-0.2, -0.15) is 5.10 Å². The van der Waals surface area contributed by atoms with Crippen LogP contribution in [0, 0.1) is 0 Å². The van der Waals surface area contributed by atoms with Crippen LogP contribution in [0.4, 0.5) is 0 Å². The van der Waals surface area contributed by atoms with Crippen LogP contribution in [0.15, 0.2) is 24.4 Å². The Bertz CT molecular complexity index is 517. The van der Waals surface area contributed by atoms with E-state index in [1.807, 2.05) is 6.07 Å². The summed E-state index contributed by atoms with van der Waals surface area (Å²) in [5, 5.41) is 8.07. The maximum Gasteiger partial charge on any atom is 0.0931 e. The van der Waals surface area contributed by atoms with Gasteiger partial charge in [0.1, 0.15) is 0 Å². The lowest BCUT2D eigenvalue weighted by atomic mass is 10.2. The molecule has 20 heavy (non-hydrogen) atoms. The Morgan fingerprint density at radius 2 is 2.10 bits per heavy atom. The molecule has 0 unspecified atom stereocenters. The van der Waals surface area contributed by atoms with Gasteiger partial charge in [-0.05, 0) is 37.5 Å².